The van der Waals surface area contributed by atoms with E-state index in [-0.39, 0.29) is 17.2 Å². The van der Waals surface area contributed by atoms with Crippen molar-refractivity contribution in [1.29, 1.82) is 0 Å². The first-order valence-corrected chi connectivity index (χ1v) is 6.91. The molecule has 4 nitrogen and oxygen atoms in total. The molecule has 0 saturated carbocycles. The number of rotatable bonds is 7. The lowest BCUT2D eigenvalue weighted by atomic mass is 10.1. The Morgan fingerprint density at radius 1 is 1.40 bits per heavy atom. The van der Waals surface area contributed by atoms with E-state index in [4.69, 9.17) is 4.74 Å². The van der Waals surface area contributed by atoms with Gasteiger partial charge in [0.05, 0.1) is 0 Å². The van der Waals surface area contributed by atoms with Gasteiger partial charge in [0.15, 0.2) is 5.82 Å². The summed E-state index contributed by atoms with van der Waals surface area (Å²) in [4.78, 5) is 6.02. The highest BCUT2D eigenvalue weighted by atomic mass is 19.1. The lowest BCUT2D eigenvalue weighted by molar-refractivity contribution is 0.108. The Labute approximate surface area is 121 Å². The lowest BCUT2D eigenvalue weighted by Crippen LogP contribution is -2.43. The minimum absolute atomic E-state index is 0.0722. The summed E-state index contributed by atoms with van der Waals surface area (Å²) >= 11 is 0. The van der Waals surface area contributed by atoms with Crippen LogP contribution in [0.1, 0.15) is 33.3 Å². The molecule has 0 fully saturated rings. The molecular formula is C15H26FN3O. The highest BCUT2D eigenvalue weighted by molar-refractivity contribution is 5.23. The number of nitrogens with zero attached hydrogens (tertiary/aromatic N) is 2. The van der Waals surface area contributed by atoms with Gasteiger partial charge in [-0.1, -0.05) is 13.8 Å². The summed E-state index contributed by atoms with van der Waals surface area (Å²) < 4.78 is 19.8. The molecule has 0 amide bonds. The molecule has 5 heteroatoms. The van der Waals surface area contributed by atoms with Crippen LogP contribution in [-0.2, 0) is 6.54 Å². The van der Waals surface area contributed by atoms with Crippen molar-refractivity contribution >= 4 is 0 Å². The number of likely N-dealkylation sites (N-methyl/N-ethyl adjacent to an activating group) is 1. The SMILES string of the molecule is CC(C)NCc1ccnc(OCC(C)(C)N(C)C)c1F. The standard InChI is InChI=1S/C15H26FN3O/c1-11(2)18-9-12-7-8-17-14(13(12)16)20-10-15(3,4)19(5)6/h7-8,11,18H,9-10H2,1-6H3. The number of aromatic nitrogens is 1. The molecule has 1 aromatic rings. The molecule has 1 heterocycles. The monoisotopic (exact) mass is 283 g/mol. The molecule has 114 valence electrons. The Balaban J connectivity index is 2.74. The van der Waals surface area contributed by atoms with Crippen LogP contribution in [0.4, 0.5) is 4.39 Å². The van der Waals surface area contributed by atoms with E-state index in [9.17, 15) is 4.39 Å². The van der Waals surface area contributed by atoms with Crippen molar-refractivity contribution in [1.82, 2.24) is 15.2 Å². The molecule has 0 bridgehead atoms. The van der Waals surface area contributed by atoms with Gasteiger partial charge in [0.25, 0.3) is 5.88 Å². The minimum atomic E-state index is -0.379. The van der Waals surface area contributed by atoms with Crippen LogP contribution in [0.3, 0.4) is 0 Å². The molecule has 0 saturated heterocycles. The summed E-state index contributed by atoms with van der Waals surface area (Å²) in [5.74, 6) is -0.307. The Bertz CT molecular complexity index is 433. The molecule has 0 aliphatic carbocycles. The number of hydrogen-bond donors (Lipinski definition) is 1. The molecule has 0 aliphatic heterocycles. The fourth-order valence-electron chi connectivity index (χ4n) is 1.39. The number of hydrogen-bond acceptors (Lipinski definition) is 4. The van der Waals surface area contributed by atoms with Crippen molar-refractivity contribution in [2.75, 3.05) is 20.7 Å². The van der Waals surface area contributed by atoms with Gasteiger partial charge in [0.2, 0.25) is 0 Å². The summed E-state index contributed by atoms with van der Waals surface area (Å²) in [5.41, 5.74) is 0.395. The summed E-state index contributed by atoms with van der Waals surface area (Å²) in [6, 6.07) is 1.98. The van der Waals surface area contributed by atoms with Gasteiger partial charge in [-0.05, 0) is 34.0 Å². The molecule has 1 rings (SSSR count). The van der Waals surface area contributed by atoms with Crippen molar-refractivity contribution in [2.24, 2.45) is 0 Å². The Kier molecular flexibility index (Phi) is 5.89. The first kappa shape index (κ1) is 16.9. The maximum absolute atomic E-state index is 14.3. The third-order valence-corrected chi connectivity index (χ3v) is 3.41. The maximum atomic E-state index is 14.3. The van der Waals surface area contributed by atoms with Crippen LogP contribution in [0.15, 0.2) is 12.3 Å². The topological polar surface area (TPSA) is 37.4 Å². The Morgan fingerprint density at radius 2 is 2.05 bits per heavy atom. The van der Waals surface area contributed by atoms with E-state index in [2.05, 4.69) is 10.3 Å². The van der Waals surface area contributed by atoms with Gasteiger partial charge in [-0.2, -0.15) is 0 Å². The number of nitrogens with one attached hydrogen (secondary N) is 1. The molecule has 1 N–H and O–H groups in total. The second-order valence-corrected chi connectivity index (χ2v) is 6.12. The van der Waals surface area contributed by atoms with Crippen LogP contribution in [0.2, 0.25) is 0 Å². The largest absolute Gasteiger partial charge is 0.474 e. The first-order chi connectivity index (χ1) is 9.24. The van der Waals surface area contributed by atoms with Crippen LogP contribution in [0.25, 0.3) is 0 Å². The zero-order chi connectivity index (χ0) is 15.3. The average Bonchev–Trinajstić information content (AvgIpc) is 2.35. The number of pyridine rings is 1. The molecule has 20 heavy (non-hydrogen) atoms. The maximum Gasteiger partial charge on any atom is 0.250 e. The van der Waals surface area contributed by atoms with E-state index in [1.54, 1.807) is 12.3 Å². The van der Waals surface area contributed by atoms with Gasteiger partial charge in [-0.3, -0.25) is 0 Å². The van der Waals surface area contributed by atoms with Crippen LogP contribution in [-0.4, -0.2) is 42.2 Å². The zero-order valence-corrected chi connectivity index (χ0v) is 13.3. The van der Waals surface area contributed by atoms with Crippen LogP contribution < -0.4 is 10.1 Å². The van der Waals surface area contributed by atoms with Crippen molar-refractivity contribution in [3.8, 4) is 5.88 Å². The summed E-state index contributed by atoms with van der Waals surface area (Å²) in [6.07, 6.45) is 1.58. The number of ether oxygens (including phenoxy) is 1. The van der Waals surface area contributed by atoms with E-state index < -0.39 is 0 Å². The van der Waals surface area contributed by atoms with E-state index in [1.807, 2.05) is 46.7 Å². The van der Waals surface area contributed by atoms with Gasteiger partial charge in [-0.25, -0.2) is 9.37 Å². The smallest absolute Gasteiger partial charge is 0.250 e. The van der Waals surface area contributed by atoms with Gasteiger partial charge >= 0.3 is 0 Å². The molecule has 0 aliphatic rings. The van der Waals surface area contributed by atoms with Crippen LogP contribution in [0.5, 0.6) is 5.88 Å². The normalized spacial score (nSPS) is 12.2. The quantitative estimate of drug-likeness (QED) is 0.834. The van der Waals surface area contributed by atoms with Gasteiger partial charge < -0.3 is 15.0 Å². The van der Waals surface area contributed by atoms with E-state index in [0.29, 0.717) is 24.8 Å². The molecule has 0 atom stereocenters. The fourth-order valence-corrected chi connectivity index (χ4v) is 1.39. The summed E-state index contributed by atoms with van der Waals surface area (Å²) in [7, 11) is 3.94. The van der Waals surface area contributed by atoms with Gasteiger partial charge in [-0.15, -0.1) is 0 Å². The third kappa shape index (κ3) is 4.72. The van der Waals surface area contributed by atoms with E-state index in [0.717, 1.165) is 0 Å². The molecule has 1 aromatic heterocycles. The van der Waals surface area contributed by atoms with E-state index in [1.165, 1.54) is 0 Å². The second kappa shape index (κ2) is 6.99. The summed E-state index contributed by atoms with van der Waals surface area (Å²) in [6.45, 7) is 8.97. The molecule has 0 spiro atoms. The first-order valence-electron chi connectivity index (χ1n) is 6.91. The second-order valence-electron chi connectivity index (χ2n) is 6.12. The predicted octanol–water partition coefficient (Wildman–Crippen LogP) is 2.44. The van der Waals surface area contributed by atoms with Crippen LogP contribution in [0, 0.1) is 5.82 Å². The van der Waals surface area contributed by atoms with E-state index >= 15 is 0 Å². The molecular weight excluding hydrogens is 257 g/mol. The predicted molar refractivity (Wildman–Crippen MR) is 79.4 cm³/mol. The highest BCUT2D eigenvalue weighted by Crippen LogP contribution is 2.20. The highest BCUT2D eigenvalue weighted by Gasteiger charge is 2.22. The average molecular weight is 283 g/mol. The van der Waals surface area contributed by atoms with Crippen molar-refractivity contribution in [2.45, 2.75) is 45.8 Å². The fraction of sp³-hybridized carbons (Fsp3) is 0.667. The molecule has 0 unspecified atom stereocenters. The molecule has 0 radical (unpaired) electrons. The minimum Gasteiger partial charge on any atom is -0.474 e. The Hall–Kier alpha value is -1.20. The molecule has 0 aromatic carbocycles. The van der Waals surface area contributed by atoms with Crippen LogP contribution >= 0.6 is 0 Å². The zero-order valence-electron chi connectivity index (χ0n) is 13.3. The van der Waals surface area contributed by atoms with Crippen molar-refractivity contribution in [3.63, 3.8) is 0 Å². The van der Waals surface area contributed by atoms with Crippen molar-refractivity contribution < 1.29 is 9.13 Å². The number of halogens is 1. The van der Waals surface area contributed by atoms with Gasteiger partial charge in [0, 0.05) is 29.9 Å². The summed E-state index contributed by atoms with van der Waals surface area (Å²) in [5, 5.41) is 3.19. The van der Waals surface area contributed by atoms with Gasteiger partial charge in [0.1, 0.15) is 6.61 Å². The third-order valence-electron chi connectivity index (χ3n) is 3.41. The lowest BCUT2D eigenvalue weighted by Gasteiger charge is -2.31. The Morgan fingerprint density at radius 3 is 2.60 bits per heavy atom. The van der Waals surface area contributed by atoms with Crippen molar-refractivity contribution in [3.05, 3.63) is 23.6 Å².